The van der Waals surface area contributed by atoms with E-state index >= 15 is 0 Å². The minimum absolute atomic E-state index is 0. The lowest BCUT2D eigenvalue weighted by molar-refractivity contribution is 0.0775. The minimum atomic E-state index is 0. The molecule has 0 radical (unpaired) electrons. The van der Waals surface area contributed by atoms with Crippen molar-refractivity contribution in [1.29, 1.82) is 0 Å². The molecule has 18 heavy (non-hydrogen) atoms. The Balaban J connectivity index is 0.00000120. The number of hydrogen-bond donors (Lipinski definition) is 1. The molecule has 1 atom stereocenters. The van der Waals surface area contributed by atoms with Crippen molar-refractivity contribution in [3.05, 3.63) is 21.9 Å². The summed E-state index contributed by atoms with van der Waals surface area (Å²) >= 11 is 1.62. The van der Waals surface area contributed by atoms with E-state index in [0.29, 0.717) is 5.41 Å². The van der Waals surface area contributed by atoms with Gasteiger partial charge in [0.1, 0.15) is 0 Å². The summed E-state index contributed by atoms with van der Waals surface area (Å²) in [6, 6.07) is 0. The number of aryl methyl sites for hydroxylation is 1. The highest BCUT2D eigenvalue weighted by Gasteiger charge is 2.42. The SMILES string of the molecule is Cc1cscc1C(=O)N1CCC2(CCNC2)C1.Cl. The first-order valence-corrected chi connectivity index (χ1v) is 7.17. The second-order valence-electron chi connectivity index (χ2n) is 5.37. The molecule has 1 N–H and O–H groups in total. The summed E-state index contributed by atoms with van der Waals surface area (Å²) in [6.07, 6.45) is 2.38. The van der Waals surface area contributed by atoms with Crippen molar-refractivity contribution in [3.8, 4) is 0 Å². The van der Waals surface area contributed by atoms with Crippen LogP contribution in [0.5, 0.6) is 0 Å². The lowest BCUT2D eigenvalue weighted by Crippen LogP contribution is -2.33. The third-order valence-electron chi connectivity index (χ3n) is 4.14. The minimum Gasteiger partial charge on any atom is -0.338 e. The van der Waals surface area contributed by atoms with Crippen LogP contribution in [0.4, 0.5) is 0 Å². The van der Waals surface area contributed by atoms with Gasteiger partial charge in [0.15, 0.2) is 0 Å². The Morgan fingerprint density at radius 1 is 1.44 bits per heavy atom. The van der Waals surface area contributed by atoms with Gasteiger partial charge >= 0.3 is 0 Å². The van der Waals surface area contributed by atoms with E-state index < -0.39 is 0 Å². The summed E-state index contributed by atoms with van der Waals surface area (Å²) in [5, 5.41) is 7.46. The highest BCUT2D eigenvalue weighted by Crippen LogP contribution is 2.36. The number of thiophene rings is 1. The number of nitrogens with one attached hydrogen (secondary N) is 1. The molecule has 0 aliphatic carbocycles. The largest absolute Gasteiger partial charge is 0.338 e. The zero-order chi connectivity index (χ0) is 11.9. The Morgan fingerprint density at radius 3 is 2.89 bits per heavy atom. The van der Waals surface area contributed by atoms with Gasteiger partial charge in [0, 0.05) is 30.4 Å². The highest BCUT2D eigenvalue weighted by atomic mass is 35.5. The van der Waals surface area contributed by atoms with E-state index in [9.17, 15) is 4.79 Å². The number of carbonyl (C=O) groups excluding carboxylic acids is 1. The molecule has 2 saturated heterocycles. The van der Waals surface area contributed by atoms with Crippen molar-refractivity contribution in [1.82, 2.24) is 10.2 Å². The lowest BCUT2D eigenvalue weighted by Gasteiger charge is -2.22. The van der Waals surface area contributed by atoms with E-state index in [1.807, 2.05) is 17.2 Å². The number of rotatable bonds is 1. The Kier molecular flexibility index (Phi) is 3.99. The third-order valence-corrected chi connectivity index (χ3v) is 5.01. The summed E-state index contributed by atoms with van der Waals surface area (Å²) in [5.74, 6) is 0.229. The fraction of sp³-hybridized carbons (Fsp3) is 0.615. The molecule has 1 spiro atoms. The van der Waals surface area contributed by atoms with Crippen molar-refractivity contribution >= 4 is 29.7 Å². The number of halogens is 1. The monoisotopic (exact) mass is 286 g/mol. The predicted molar refractivity (Wildman–Crippen MR) is 76.7 cm³/mol. The van der Waals surface area contributed by atoms with Crippen LogP contribution in [-0.4, -0.2) is 37.0 Å². The van der Waals surface area contributed by atoms with Crippen LogP contribution in [0, 0.1) is 12.3 Å². The van der Waals surface area contributed by atoms with E-state index in [-0.39, 0.29) is 18.3 Å². The van der Waals surface area contributed by atoms with Crippen LogP contribution in [0.25, 0.3) is 0 Å². The summed E-state index contributed by atoms with van der Waals surface area (Å²) in [6.45, 7) is 6.08. The molecule has 1 unspecified atom stereocenters. The number of hydrogen-bond acceptors (Lipinski definition) is 3. The second-order valence-corrected chi connectivity index (χ2v) is 6.12. The Morgan fingerprint density at radius 2 is 2.28 bits per heavy atom. The second kappa shape index (κ2) is 5.19. The Bertz CT molecular complexity index is 440. The van der Waals surface area contributed by atoms with Crippen molar-refractivity contribution < 1.29 is 4.79 Å². The molecule has 2 fully saturated rings. The van der Waals surface area contributed by atoms with E-state index in [0.717, 1.165) is 43.7 Å². The molecule has 1 amide bonds. The number of nitrogens with zero attached hydrogens (tertiary/aromatic N) is 1. The van der Waals surface area contributed by atoms with Crippen molar-refractivity contribution in [2.24, 2.45) is 5.41 Å². The molecule has 3 nitrogen and oxygen atoms in total. The number of amides is 1. The van der Waals surface area contributed by atoms with Crippen molar-refractivity contribution in [2.75, 3.05) is 26.2 Å². The van der Waals surface area contributed by atoms with Gasteiger partial charge in [-0.2, -0.15) is 11.3 Å². The average molecular weight is 287 g/mol. The van der Waals surface area contributed by atoms with E-state index in [1.54, 1.807) is 11.3 Å². The highest BCUT2D eigenvalue weighted by molar-refractivity contribution is 7.08. The molecule has 3 rings (SSSR count). The molecule has 1 aromatic rings. The molecule has 0 aromatic carbocycles. The normalized spacial score (nSPS) is 26.6. The molecule has 100 valence electrons. The van der Waals surface area contributed by atoms with Gasteiger partial charge in [0.25, 0.3) is 5.91 Å². The van der Waals surface area contributed by atoms with Crippen molar-refractivity contribution in [2.45, 2.75) is 19.8 Å². The van der Waals surface area contributed by atoms with Crippen LogP contribution in [0.2, 0.25) is 0 Å². The smallest absolute Gasteiger partial charge is 0.254 e. The molecule has 2 aliphatic rings. The maximum absolute atomic E-state index is 12.4. The lowest BCUT2D eigenvalue weighted by atomic mass is 9.86. The molecule has 1 aromatic heterocycles. The standard InChI is InChI=1S/C13H18N2OS.ClH/c1-10-6-17-7-11(10)12(16)15-5-3-13(9-15)2-4-14-8-13;/h6-7,14H,2-5,8-9H2,1H3;1H. The molecular weight excluding hydrogens is 268 g/mol. The summed E-state index contributed by atoms with van der Waals surface area (Å²) in [4.78, 5) is 14.4. The maximum Gasteiger partial charge on any atom is 0.254 e. The predicted octanol–water partition coefficient (Wildman–Crippen LogP) is 2.30. The first-order chi connectivity index (χ1) is 8.20. The van der Waals surface area contributed by atoms with E-state index in [2.05, 4.69) is 10.7 Å². The van der Waals surface area contributed by atoms with Gasteiger partial charge in [0.05, 0.1) is 5.56 Å². The summed E-state index contributed by atoms with van der Waals surface area (Å²) < 4.78 is 0. The van der Waals surface area contributed by atoms with E-state index in [4.69, 9.17) is 0 Å². The van der Waals surface area contributed by atoms with Gasteiger partial charge < -0.3 is 10.2 Å². The molecular formula is C13H19ClN2OS. The van der Waals surface area contributed by atoms with Crippen LogP contribution < -0.4 is 5.32 Å². The van der Waals surface area contributed by atoms with Crippen LogP contribution in [-0.2, 0) is 0 Å². The molecule has 0 bridgehead atoms. The fourth-order valence-corrected chi connectivity index (χ4v) is 3.82. The van der Waals surface area contributed by atoms with Gasteiger partial charge in [-0.05, 0) is 37.3 Å². The summed E-state index contributed by atoms with van der Waals surface area (Å²) in [7, 11) is 0. The maximum atomic E-state index is 12.4. The quantitative estimate of drug-likeness (QED) is 0.859. The third kappa shape index (κ3) is 2.29. The van der Waals surface area contributed by atoms with Gasteiger partial charge in [-0.3, -0.25) is 4.79 Å². The van der Waals surface area contributed by atoms with Crippen molar-refractivity contribution in [3.63, 3.8) is 0 Å². The topological polar surface area (TPSA) is 32.3 Å². The zero-order valence-corrected chi connectivity index (χ0v) is 12.2. The Hall–Kier alpha value is -0.580. The van der Waals surface area contributed by atoms with Gasteiger partial charge in [-0.25, -0.2) is 0 Å². The fourth-order valence-electron chi connectivity index (χ4n) is 3.00. The average Bonchev–Trinajstić information content (AvgIpc) is 3.02. The molecule has 0 saturated carbocycles. The molecule has 3 heterocycles. The molecule has 2 aliphatic heterocycles. The first-order valence-electron chi connectivity index (χ1n) is 6.23. The van der Waals surface area contributed by atoms with E-state index in [1.165, 1.54) is 6.42 Å². The zero-order valence-electron chi connectivity index (χ0n) is 10.6. The first kappa shape index (κ1) is 13.8. The van der Waals surface area contributed by atoms with Crippen LogP contribution in [0.3, 0.4) is 0 Å². The van der Waals surface area contributed by atoms with Gasteiger partial charge in [-0.1, -0.05) is 0 Å². The van der Waals surface area contributed by atoms with Gasteiger partial charge in [0.2, 0.25) is 0 Å². The number of likely N-dealkylation sites (tertiary alicyclic amines) is 1. The van der Waals surface area contributed by atoms with Crippen LogP contribution in [0.15, 0.2) is 10.8 Å². The van der Waals surface area contributed by atoms with Crippen LogP contribution in [0.1, 0.15) is 28.8 Å². The number of carbonyl (C=O) groups is 1. The van der Waals surface area contributed by atoms with Crippen LogP contribution >= 0.6 is 23.7 Å². The van der Waals surface area contributed by atoms with Gasteiger partial charge in [-0.15, -0.1) is 12.4 Å². The summed E-state index contributed by atoms with van der Waals surface area (Å²) in [5.41, 5.74) is 2.39. The Labute approximate surface area is 118 Å². The molecule has 5 heteroatoms.